The molecule has 1 aromatic heterocycles. The van der Waals surface area contributed by atoms with Crippen LogP contribution in [0.2, 0.25) is 0 Å². The van der Waals surface area contributed by atoms with Crippen LogP contribution in [0, 0.1) is 0 Å². The maximum absolute atomic E-state index is 12.6. The molecule has 0 unspecified atom stereocenters. The molecule has 0 aliphatic carbocycles. The summed E-state index contributed by atoms with van der Waals surface area (Å²) in [5.41, 5.74) is 5.48. The highest BCUT2D eigenvalue weighted by molar-refractivity contribution is 6.50. The fraction of sp³-hybridized carbons (Fsp3) is 0.286. The molecule has 0 saturated carbocycles. The number of aromatic carboxylic acids is 1. The lowest BCUT2D eigenvalue weighted by Crippen LogP contribution is -2.54. The smallest absolute Gasteiger partial charge is 0.534 e. The second-order valence-electron chi connectivity index (χ2n) is 5.69. The number of amides is 1. The predicted octanol–water partition coefficient (Wildman–Crippen LogP) is -2.28. The second kappa shape index (κ2) is 8.45. The first-order valence-electron chi connectivity index (χ1n) is 8.16. The number of carbonyl (C=O) groups is 2. The van der Waals surface area contributed by atoms with Crippen molar-refractivity contribution in [2.45, 2.75) is 12.4 Å². The number of hydrogen-bond acceptors (Lipinski definition) is 10. The Morgan fingerprint density at radius 1 is 1.50 bits per heavy atom. The zero-order valence-corrected chi connectivity index (χ0v) is 14.4. The SMILES string of the molecule is NCCO/N=C(/C(=O)N[C@H]1Cc2cccc(C(=O)O)c2OB1O)c1nn[nH]n1. The number of benzene rings is 1. The molecule has 6 N–H and O–H groups in total. The molecule has 1 aliphatic heterocycles. The summed E-state index contributed by atoms with van der Waals surface area (Å²) in [6.07, 6.45) is 0.131. The lowest BCUT2D eigenvalue weighted by Gasteiger charge is -2.28. The molecule has 2 aromatic rings. The van der Waals surface area contributed by atoms with Crippen LogP contribution in [-0.4, -0.2) is 74.6 Å². The number of carboxylic acid groups (broad SMARTS) is 1. The number of oxime groups is 1. The van der Waals surface area contributed by atoms with Crippen LogP contribution in [0.5, 0.6) is 5.75 Å². The predicted molar refractivity (Wildman–Crippen MR) is 93.4 cm³/mol. The Kier molecular flexibility index (Phi) is 5.81. The van der Waals surface area contributed by atoms with Crippen molar-refractivity contribution in [2.24, 2.45) is 10.9 Å². The molecule has 0 radical (unpaired) electrons. The molecular weight excluding hydrogens is 373 g/mol. The average molecular weight is 389 g/mol. The van der Waals surface area contributed by atoms with Crippen molar-refractivity contribution in [2.75, 3.05) is 13.2 Å². The first kappa shape index (κ1) is 19.3. The molecule has 0 fully saturated rings. The largest absolute Gasteiger partial charge is 0.547 e. The van der Waals surface area contributed by atoms with Crippen molar-refractivity contribution < 1.29 is 29.2 Å². The van der Waals surface area contributed by atoms with Crippen molar-refractivity contribution in [1.82, 2.24) is 25.9 Å². The molecule has 1 amide bonds. The van der Waals surface area contributed by atoms with Gasteiger partial charge in [-0.2, -0.15) is 5.21 Å². The van der Waals surface area contributed by atoms with E-state index < -0.39 is 24.9 Å². The number of nitrogens with two attached hydrogens (primary N) is 1. The molecule has 3 rings (SSSR count). The number of hydrogen-bond donors (Lipinski definition) is 5. The van der Waals surface area contributed by atoms with E-state index in [2.05, 4.69) is 31.1 Å². The summed E-state index contributed by atoms with van der Waals surface area (Å²) in [6, 6.07) is 4.56. The third-order valence-electron chi connectivity index (χ3n) is 3.80. The van der Waals surface area contributed by atoms with Crippen LogP contribution in [-0.2, 0) is 16.1 Å². The van der Waals surface area contributed by atoms with Gasteiger partial charge in [0, 0.05) is 6.54 Å². The number of aromatic nitrogens is 4. The molecule has 0 bridgehead atoms. The summed E-state index contributed by atoms with van der Waals surface area (Å²) < 4.78 is 5.33. The molecular formula is C14H16BN7O6. The fourth-order valence-corrected chi connectivity index (χ4v) is 2.56. The molecule has 14 heteroatoms. The standard InChI is InChI=1S/C14H16BN7O6/c16-4-5-27-20-10(12-18-21-22-19-12)13(23)17-9-6-7-2-1-3-8(14(24)25)11(7)28-15(9)26/h1-3,9,26H,4-6,16H2,(H,17,23)(H,24,25)(H,18,19,21,22)/b20-10+/t9-/m0/s1. The van der Waals surface area contributed by atoms with E-state index in [1.165, 1.54) is 6.07 Å². The van der Waals surface area contributed by atoms with Gasteiger partial charge in [-0.25, -0.2) is 4.79 Å². The second-order valence-corrected chi connectivity index (χ2v) is 5.69. The zero-order chi connectivity index (χ0) is 20.1. The lowest BCUT2D eigenvalue weighted by atomic mass is 9.72. The Bertz CT molecular complexity index is 890. The molecule has 28 heavy (non-hydrogen) atoms. The van der Waals surface area contributed by atoms with Gasteiger partial charge >= 0.3 is 13.1 Å². The number of rotatable bonds is 7. The van der Waals surface area contributed by atoms with Gasteiger partial charge in [0.15, 0.2) is 0 Å². The molecule has 13 nitrogen and oxygen atoms in total. The average Bonchev–Trinajstić information content (AvgIpc) is 3.19. The summed E-state index contributed by atoms with van der Waals surface area (Å²) in [6.45, 7) is 0.248. The van der Waals surface area contributed by atoms with Gasteiger partial charge in [-0.1, -0.05) is 17.3 Å². The summed E-state index contributed by atoms with van der Waals surface area (Å²) in [5, 5.41) is 38.6. The van der Waals surface area contributed by atoms with Crippen LogP contribution in [0.1, 0.15) is 21.7 Å². The van der Waals surface area contributed by atoms with Crippen LogP contribution < -0.4 is 15.7 Å². The van der Waals surface area contributed by atoms with E-state index >= 15 is 0 Å². The maximum Gasteiger partial charge on any atom is 0.547 e. The highest BCUT2D eigenvalue weighted by Gasteiger charge is 2.38. The Balaban J connectivity index is 1.79. The van der Waals surface area contributed by atoms with Crippen molar-refractivity contribution in [3.8, 4) is 5.75 Å². The Morgan fingerprint density at radius 3 is 3.00 bits per heavy atom. The number of para-hydroxylation sites is 1. The van der Waals surface area contributed by atoms with Crippen molar-refractivity contribution in [3.05, 3.63) is 35.2 Å². The van der Waals surface area contributed by atoms with Crippen LogP contribution in [0.15, 0.2) is 23.4 Å². The monoisotopic (exact) mass is 389 g/mol. The van der Waals surface area contributed by atoms with E-state index in [4.69, 9.17) is 15.2 Å². The first-order chi connectivity index (χ1) is 13.5. The van der Waals surface area contributed by atoms with Gasteiger partial charge in [0.1, 0.15) is 12.4 Å². The zero-order valence-electron chi connectivity index (χ0n) is 14.4. The summed E-state index contributed by atoms with van der Waals surface area (Å²) >= 11 is 0. The number of tetrazole rings is 1. The fourth-order valence-electron chi connectivity index (χ4n) is 2.56. The van der Waals surface area contributed by atoms with E-state index in [0.717, 1.165) is 0 Å². The molecule has 0 saturated heterocycles. The molecule has 146 valence electrons. The van der Waals surface area contributed by atoms with Gasteiger partial charge in [0.25, 0.3) is 5.91 Å². The van der Waals surface area contributed by atoms with E-state index in [-0.39, 0.29) is 42.4 Å². The number of nitrogens with one attached hydrogen (secondary N) is 2. The van der Waals surface area contributed by atoms with Gasteiger partial charge in [-0.3, -0.25) is 4.79 Å². The Morgan fingerprint density at radius 2 is 2.32 bits per heavy atom. The quantitative estimate of drug-likeness (QED) is 0.149. The minimum Gasteiger partial charge on any atom is -0.534 e. The molecule has 1 aromatic carbocycles. The van der Waals surface area contributed by atoms with E-state index in [1.807, 2.05) is 0 Å². The topological polar surface area (TPSA) is 198 Å². The van der Waals surface area contributed by atoms with Gasteiger partial charge in [-0.15, -0.1) is 10.2 Å². The number of nitrogens with zero attached hydrogens (tertiary/aromatic N) is 4. The number of carboxylic acids is 1. The number of H-pyrrole nitrogens is 1. The number of aromatic amines is 1. The molecule has 2 heterocycles. The van der Waals surface area contributed by atoms with Crippen LogP contribution in [0.4, 0.5) is 0 Å². The van der Waals surface area contributed by atoms with E-state index in [0.29, 0.717) is 5.56 Å². The molecule has 1 atom stereocenters. The minimum absolute atomic E-state index is 0.0614. The van der Waals surface area contributed by atoms with Gasteiger partial charge in [0.2, 0.25) is 11.5 Å². The van der Waals surface area contributed by atoms with Gasteiger partial charge in [0.05, 0.1) is 11.5 Å². The van der Waals surface area contributed by atoms with Crippen molar-refractivity contribution in [3.63, 3.8) is 0 Å². The molecule has 0 spiro atoms. The third-order valence-corrected chi connectivity index (χ3v) is 3.80. The van der Waals surface area contributed by atoms with Gasteiger partial charge < -0.3 is 30.7 Å². The maximum atomic E-state index is 12.6. The highest BCUT2D eigenvalue weighted by Crippen LogP contribution is 2.30. The minimum atomic E-state index is -1.48. The normalized spacial score (nSPS) is 16.1. The van der Waals surface area contributed by atoms with E-state index in [9.17, 15) is 19.7 Å². The van der Waals surface area contributed by atoms with Crippen LogP contribution >= 0.6 is 0 Å². The van der Waals surface area contributed by atoms with Crippen molar-refractivity contribution >= 4 is 24.7 Å². The Labute approximate surface area is 158 Å². The van der Waals surface area contributed by atoms with Crippen LogP contribution in [0.25, 0.3) is 0 Å². The highest BCUT2D eigenvalue weighted by atomic mass is 16.6. The number of fused-ring (bicyclic) bond motifs is 1. The first-order valence-corrected chi connectivity index (χ1v) is 8.16. The summed E-state index contributed by atoms with van der Waals surface area (Å²) in [7, 11) is -1.48. The van der Waals surface area contributed by atoms with E-state index in [1.54, 1.807) is 12.1 Å². The van der Waals surface area contributed by atoms with Crippen LogP contribution in [0.3, 0.4) is 0 Å². The van der Waals surface area contributed by atoms with Crippen molar-refractivity contribution in [1.29, 1.82) is 0 Å². The van der Waals surface area contributed by atoms with Gasteiger partial charge in [-0.05, 0) is 23.3 Å². The summed E-state index contributed by atoms with van der Waals surface area (Å²) in [4.78, 5) is 28.8. The number of carbonyl (C=O) groups excluding carboxylic acids is 1. The Hall–Kier alpha value is -3.52. The summed E-state index contributed by atoms with van der Waals surface area (Å²) in [5.74, 6) is -2.87. The third kappa shape index (κ3) is 4.07. The lowest BCUT2D eigenvalue weighted by molar-refractivity contribution is -0.115. The molecule has 1 aliphatic rings.